The van der Waals surface area contributed by atoms with Crippen LogP contribution in [0.4, 0.5) is 5.13 Å². The van der Waals surface area contributed by atoms with Crippen LogP contribution in [0.1, 0.15) is 17.0 Å². The van der Waals surface area contributed by atoms with E-state index in [4.69, 9.17) is 24.5 Å². The molecule has 0 atom stereocenters. The molecular weight excluding hydrogens is 488 g/mol. The molecule has 5 heterocycles. The van der Waals surface area contributed by atoms with Gasteiger partial charge in [0.1, 0.15) is 35.0 Å². The number of imidazole rings is 1. The predicted octanol–water partition coefficient (Wildman–Crippen LogP) is 3.82. The number of aryl methyl sites for hydroxylation is 1. The number of hydrogen-bond donors (Lipinski definition) is 0. The fourth-order valence-corrected chi connectivity index (χ4v) is 5.05. The van der Waals surface area contributed by atoms with Crippen molar-refractivity contribution in [3.63, 3.8) is 0 Å². The highest BCUT2D eigenvalue weighted by Gasteiger charge is 2.17. The first kappa shape index (κ1) is 22.9. The van der Waals surface area contributed by atoms with Gasteiger partial charge in [0, 0.05) is 24.5 Å². The Labute approximate surface area is 208 Å². The number of nitrogens with zero attached hydrogens (tertiary/aromatic N) is 8. The summed E-state index contributed by atoms with van der Waals surface area (Å²) in [5, 5.41) is 19.3. The minimum absolute atomic E-state index is 0.293. The normalized spacial score (nSPS) is 11.2. The molecule has 0 unspecified atom stereocenters. The zero-order chi connectivity index (χ0) is 24.5. The number of nitriles is 1. The molecule has 11 nitrogen and oxygen atoms in total. The lowest BCUT2D eigenvalue weighted by atomic mass is 10.3. The fourth-order valence-electron chi connectivity index (χ4n) is 3.45. The Morgan fingerprint density at radius 1 is 1.06 bits per heavy atom. The van der Waals surface area contributed by atoms with Gasteiger partial charge >= 0.3 is 0 Å². The van der Waals surface area contributed by atoms with Gasteiger partial charge in [-0.2, -0.15) is 10.4 Å². The minimum Gasteiger partial charge on any atom is -0.495 e. The molecule has 0 aromatic carbocycles. The first-order valence-electron chi connectivity index (χ1n) is 10.6. The molecule has 0 spiro atoms. The number of ether oxygens (including phenoxy) is 3. The lowest BCUT2D eigenvalue weighted by Gasteiger charge is -2.12. The van der Waals surface area contributed by atoms with E-state index in [2.05, 4.69) is 21.3 Å². The zero-order valence-corrected chi connectivity index (χ0v) is 21.2. The summed E-state index contributed by atoms with van der Waals surface area (Å²) in [6.45, 7) is 2.94. The predicted molar refractivity (Wildman–Crippen MR) is 133 cm³/mol. The number of rotatable bonds is 9. The monoisotopic (exact) mass is 510 g/mol. The molecule has 0 bridgehead atoms. The fraction of sp³-hybridized carbons (Fsp3) is 0.318. The molecule has 0 aliphatic rings. The molecule has 0 N–H and O–H groups in total. The van der Waals surface area contributed by atoms with Crippen LogP contribution in [0.2, 0.25) is 0 Å². The van der Waals surface area contributed by atoms with E-state index in [9.17, 15) is 0 Å². The summed E-state index contributed by atoms with van der Waals surface area (Å²) in [6.07, 6.45) is 4.06. The van der Waals surface area contributed by atoms with E-state index in [1.165, 1.54) is 11.3 Å². The molecule has 0 fully saturated rings. The summed E-state index contributed by atoms with van der Waals surface area (Å²) >= 11 is 2.94. The van der Waals surface area contributed by atoms with Crippen molar-refractivity contribution in [2.45, 2.75) is 20.0 Å². The number of pyridine rings is 1. The average molecular weight is 511 g/mol. The smallest absolute Gasteiger partial charge is 0.294 e. The highest BCUT2D eigenvalue weighted by atomic mass is 32.1. The second-order valence-electron chi connectivity index (χ2n) is 7.65. The number of thiazole rings is 1. The molecule has 0 radical (unpaired) electrons. The average Bonchev–Trinajstić information content (AvgIpc) is 3.62. The highest BCUT2D eigenvalue weighted by Crippen LogP contribution is 2.32. The van der Waals surface area contributed by atoms with Crippen molar-refractivity contribution in [1.82, 2.24) is 29.2 Å². The molecular formula is C22H22N8O3S2. The molecule has 5 aromatic rings. The van der Waals surface area contributed by atoms with E-state index in [-0.39, 0.29) is 0 Å². The number of methoxy groups -OCH3 is 2. The van der Waals surface area contributed by atoms with Crippen molar-refractivity contribution >= 4 is 38.3 Å². The zero-order valence-electron chi connectivity index (χ0n) is 19.5. The van der Waals surface area contributed by atoms with Gasteiger partial charge < -0.3 is 19.1 Å². The largest absolute Gasteiger partial charge is 0.495 e. The van der Waals surface area contributed by atoms with Gasteiger partial charge in [0.2, 0.25) is 4.96 Å². The Hall–Kier alpha value is -3.89. The van der Waals surface area contributed by atoms with Crippen LogP contribution in [-0.2, 0) is 6.61 Å². The van der Waals surface area contributed by atoms with Crippen molar-refractivity contribution < 1.29 is 14.2 Å². The van der Waals surface area contributed by atoms with Gasteiger partial charge in [-0.1, -0.05) is 0 Å². The van der Waals surface area contributed by atoms with E-state index in [1.807, 2.05) is 37.2 Å². The summed E-state index contributed by atoms with van der Waals surface area (Å²) in [5.41, 5.74) is 3.01. The quantitative estimate of drug-likeness (QED) is 0.292. The molecule has 0 aliphatic carbocycles. The number of fused-ring (bicyclic) bond motifs is 2. The summed E-state index contributed by atoms with van der Waals surface area (Å²) in [5.74, 6) is 1.24. The number of anilines is 1. The van der Waals surface area contributed by atoms with Gasteiger partial charge in [-0.3, -0.25) is 0 Å². The highest BCUT2D eigenvalue weighted by molar-refractivity contribution is 7.18. The summed E-state index contributed by atoms with van der Waals surface area (Å²) in [6, 6.07) is 5.92. The molecule has 0 aliphatic heterocycles. The number of aromatic nitrogens is 6. The van der Waals surface area contributed by atoms with Gasteiger partial charge in [-0.25, -0.2) is 19.0 Å². The van der Waals surface area contributed by atoms with Crippen molar-refractivity contribution in [3.8, 4) is 34.1 Å². The number of hydrogen-bond acceptors (Lipinski definition) is 11. The van der Waals surface area contributed by atoms with Crippen LogP contribution in [0.5, 0.6) is 16.7 Å². The molecule has 0 saturated carbocycles. The second kappa shape index (κ2) is 9.40. The van der Waals surface area contributed by atoms with Crippen molar-refractivity contribution in [2.75, 3.05) is 32.7 Å². The SMILES string of the molecule is COc1cc(OCc2nc(N(C)CCC#N)sc2C)c2cc(-c3cn4nc(OC)sc4n3)nn2c1. The van der Waals surface area contributed by atoms with Crippen LogP contribution in [0.3, 0.4) is 0 Å². The van der Waals surface area contributed by atoms with E-state index in [1.54, 1.807) is 40.8 Å². The van der Waals surface area contributed by atoms with E-state index in [0.29, 0.717) is 47.7 Å². The molecule has 13 heteroatoms. The molecule has 5 rings (SSSR count). The lowest BCUT2D eigenvalue weighted by molar-refractivity contribution is 0.301. The Morgan fingerprint density at radius 3 is 2.66 bits per heavy atom. The summed E-state index contributed by atoms with van der Waals surface area (Å²) in [7, 11) is 5.12. The molecule has 35 heavy (non-hydrogen) atoms. The Kier molecular flexibility index (Phi) is 6.14. The third-order valence-corrected chi connectivity index (χ3v) is 7.35. The van der Waals surface area contributed by atoms with Gasteiger partial charge in [0.05, 0.1) is 44.8 Å². The molecule has 0 saturated heterocycles. The van der Waals surface area contributed by atoms with Gasteiger partial charge in [0.25, 0.3) is 5.19 Å². The minimum atomic E-state index is 0.293. The first-order chi connectivity index (χ1) is 17.0. The summed E-state index contributed by atoms with van der Waals surface area (Å²) in [4.78, 5) is 13.1. The second-order valence-corrected chi connectivity index (χ2v) is 9.75. The Morgan fingerprint density at radius 2 is 1.91 bits per heavy atom. The Balaban J connectivity index is 1.42. The van der Waals surface area contributed by atoms with Crippen molar-refractivity contribution in [3.05, 3.63) is 35.1 Å². The van der Waals surface area contributed by atoms with Crippen LogP contribution < -0.4 is 19.1 Å². The third-order valence-electron chi connectivity index (χ3n) is 5.34. The first-order valence-corrected chi connectivity index (χ1v) is 12.3. The van der Waals surface area contributed by atoms with E-state index >= 15 is 0 Å². The molecule has 0 amide bonds. The van der Waals surface area contributed by atoms with Crippen LogP contribution >= 0.6 is 22.7 Å². The van der Waals surface area contributed by atoms with Crippen LogP contribution in [0.25, 0.3) is 21.9 Å². The van der Waals surface area contributed by atoms with E-state index in [0.717, 1.165) is 26.2 Å². The summed E-state index contributed by atoms with van der Waals surface area (Å²) < 4.78 is 20.2. The van der Waals surface area contributed by atoms with Crippen molar-refractivity contribution in [1.29, 1.82) is 5.26 Å². The maximum absolute atomic E-state index is 8.84. The standard InChI is InChI=1S/C22H22N8O3S2/c1-13-17(25-20(34-13)28(2)7-5-6-23)12-33-19-8-14(31-3)10-29-18(19)9-15(26-29)16-11-30-21(24-16)35-22(27-30)32-4/h8-11H,5,7,12H2,1-4H3. The van der Waals surface area contributed by atoms with Crippen molar-refractivity contribution in [2.24, 2.45) is 0 Å². The molecule has 180 valence electrons. The maximum Gasteiger partial charge on any atom is 0.294 e. The van der Waals surface area contributed by atoms with Crippen LogP contribution in [-0.4, -0.2) is 57.0 Å². The lowest BCUT2D eigenvalue weighted by Crippen LogP contribution is -2.17. The third kappa shape index (κ3) is 4.45. The maximum atomic E-state index is 8.84. The topological polar surface area (TPSA) is 115 Å². The van der Waals surface area contributed by atoms with E-state index < -0.39 is 0 Å². The van der Waals surface area contributed by atoms with Gasteiger partial charge in [-0.05, 0) is 24.3 Å². The van der Waals surface area contributed by atoms with Gasteiger partial charge in [0.15, 0.2) is 5.13 Å². The molecule has 5 aromatic heterocycles. The van der Waals surface area contributed by atoms with Crippen LogP contribution in [0.15, 0.2) is 24.5 Å². The Bertz CT molecular complexity index is 1510. The van der Waals surface area contributed by atoms with Gasteiger partial charge in [-0.15, -0.1) is 16.4 Å². The van der Waals surface area contributed by atoms with Crippen LogP contribution in [0, 0.1) is 18.3 Å².